The van der Waals surface area contributed by atoms with E-state index in [0.717, 1.165) is 12.8 Å². The molecule has 0 atom stereocenters. The lowest BCUT2D eigenvalue weighted by atomic mass is 9.83. The molecule has 0 bridgehead atoms. The van der Waals surface area contributed by atoms with Crippen molar-refractivity contribution < 1.29 is 14.3 Å². The number of hydrogen-bond donors (Lipinski definition) is 1. The Morgan fingerprint density at radius 3 is 2.70 bits per heavy atom. The monoisotopic (exact) mass is 313 g/mol. The second kappa shape index (κ2) is 4.93. The van der Waals surface area contributed by atoms with E-state index >= 15 is 0 Å². The molecule has 1 aromatic carbocycles. The molecule has 2 aromatic rings. The summed E-state index contributed by atoms with van der Waals surface area (Å²) in [6, 6.07) is 3.25. The Hall–Kier alpha value is -1.26. The summed E-state index contributed by atoms with van der Waals surface area (Å²) < 4.78 is 5.63. The van der Waals surface area contributed by atoms with E-state index in [1.807, 2.05) is 0 Å². The largest absolute Gasteiger partial charge is 0.481 e. The maximum atomic E-state index is 11.5. The lowest BCUT2D eigenvalue weighted by Crippen LogP contribution is -2.30. The van der Waals surface area contributed by atoms with Crippen LogP contribution in [0.2, 0.25) is 10.0 Å². The van der Waals surface area contributed by atoms with Gasteiger partial charge in [0.15, 0.2) is 11.5 Å². The number of carboxylic acid groups (broad SMARTS) is 1. The first-order chi connectivity index (χ1) is 9.50. The fourth-order valence-electron chi connectivity index (χ4n) is 2.89. The van der Waals surface area contributed by atoms with Gasteiger partial charge in [-0.1, -0.05) is 36.0 Å². The number of rotatable bonds is 3. The van der Waals surface area contributed by atoms with Gasteiger partial charge in [-0.2, -0.15) is 0 Å². The molecule has 6 heteroatoms. The Kier molecular flexibility index (Phi) is 3.38. The zero-order valence-corrected chi connectivity index (χ0v) is 12.2. The van der Waals surface area contributed by atoms with Gasteiger partial charge in [-0.25, -0.2) is 4.98 Å². The van der Waals surface area contributed by atoms with Crippen LogP contribution in [0.1, 0.15) is 31.6 Å². The molecule has 1 heterocycles. The van der Waals surface area contributed by atoms with E-state index in [0.29, 0.717) is 46.3 Å². The molecule has 3 rings (SSSR count). The molecular weight excluding hydrogens is 301 g/mol. The van der Waals surface area contributed by atoms with E-state index in [1.54, 1.807) is 12.1 Å². The molecule has 4 nitrogen and oxygen atoms in total. The Morgan fingerprint density at radius 2 is 2.05 bits per heavy atom. The Bertz CT molecular complexity index is 674. The van der Waals surface area contributed by atoms with Crippen molar-refractivity contribution in [3.63, 3.8) is 0 Å². The number of benzene rings is 1. The van der Waals surface area contributed by atoms with Crippen molar-refractivity contribution >= 4 is 40.3 Å². The highest BCUT2D eigenvalue weighted by atomic mass is 35.5. The van der Waals surface area contributed by atoms with Crippen molar-refractivity contribution in [1.82, 2.24) is 4.98 Å². The molecule has 0 radical (unpaired) electrons. The molecule has 0 spiro atoms. The molecule has 20 heavy (non-hydrogen) atoms. The minimum atomic E-state index is -0.776. The third kappa shape index (κ3) is 2.27. The van der Waals surface area contributed by atoms with Gasteiger partial charge in [-0.3, -0.25) is 4.79 Å². The van der Waals surface area contributed by atoms with Gasteiger partial charge in [0, 0.05) is 11.4 Å². The van der Waals surface area contributed by atoms with Crippen LogP contribution in [0.3, 0.4) is 0 Å². The maximum absolute atomic E-state index is 11.5. The molecule has 1 aliphatic carbocycles. The summed E-state index contributed by atoms with van der Waals surface area (Å²) in [5.74, 6) is -0.366. The highest BCUT2D eigenvalue weighted by Gasteiger charge is 2.42. The Morgan fingerprint density at radius 1 is 1.35 bits per heavy atom. The molecule has 1 saturated carbocycles. The minimum absolute atomic E-state index is 0.297. The maximum Gasteiger partial charge on any atom is 0.310 e. The van der Waals surface area contributed by atoms with E-state index in [1.165, 1.54) is 0 Å². The van der Waals surface area contributed by atoms with Gasteiger partial charge < -0.3 is 9.52 Å². The smallest absolute Gasteiger partial charge is 0.310 e. The van der Waals surface area contributed by atoms with Gasteiger partial charge in [0.25, 0.3) is 0 Å². The summed E-state index contributed by atoms with van der Waals surface area (Å²) in [6.07, 6.45) is 3.48. The molecule has 1 aromatic heterocycles. The number of fused-ring (bicyclic) bond motifs is 1. The Balaban J connectivity index is 1.98. The fourth-order valence-corrected chi connectivity index (χ4v) is 3.41. The van der Waals surface area contributed by atoms with Gasteiger partial charge in [0.2, 0.25) is 0 Å². The number of carbonyl (C=O) groups is 1. The third-order valence-electron chi connectivity index (χ3n) is 3.96. The summed E-state index contributed by atoms with van der Waals surface area (Å²) in [7, 11) is 0. The second-order valence-electron chi connectivity index (χ2n) is 5.31. The lowest BCUT2D eigenvalue weighted by molar-refractivity contribution is -0.148. The van der Waals surface area contributed by atoms with Crippen LogP contribution in [0.4, 0.5) is 0 Å². The van der Waals surface area contributed by atoms with Gasteiger partial charge in [0.1, 0.15) is 5.52 Å². The van der Waals surface area contributed by atoms with Crippen LogP contribution < -0.4 is 0 Å². The average Bonchev–Trinajstić information content (AvgIpc) is 2.97. The van der Waals surface area contributed by atoms with Gasteiger partial charge >= 0.3 is 5.97 Å². The summed E-state index contributed by atoms with van der Waals surface area (Å²) in [4.78, 5) is 15.9. The molecule has 1 fully saturated rings. The molecular formula is C14H13Cl2NO3. The number of halogens is 2. The SMILES string of the molecule is O=C(O)C1(Cc2nc3cc(Cl)cc(Cl)c3o2)CCCC1. The molecule has 106 valence electrons. The first-order valence-electron chi connectivity index (χ1n) is 6.48. The summed E-state index contributed by atoms with van der Waals surface area (Å²) >= 11 is 12.0. The van der Waals surface area contributed by atoms with Crippen molar-refractivity contribution in [3.05, 3.63) is 28.1 Å². The number of hydrogen-bond acceptors (Lipinski definition) is 3. The normalized spacial score (nSPS) is 17.7. The summed E-state index contributed by atoms with van der Waals surface area (Å²) in [5.41, 5.74) is 0.276. The first kappa shape index (κ1) is 13.7. The lowest BCUT2D eigenvalue weighted by Gasteiger charge is -2.21. The van der Waals surface area contributed by atoms with Gasteiger partial charge in [0.05, 0.1) is 10.4 Å². The van der Waals surface area contributed by atoms with Gasteiger partial charge in [-0.05, 0) is 25.0 Å². The standard InChI is InChI=1S/C14H13Cl2NO3/c15-8-5-9(16)12-10(6-8)17-11(20-12)7-14(13(18)19)3-1-2-4-14/h5-6H,1-4,7H2,(H,18,19). The highest BCUT2D eigenvalue weighted by molar-refractivity contribution is 6.37. The number of carboxylic acids is 1. The minimum Gasteiger partial charge on any atom is -0.481 e. The van der Waals surface area contributed by atoms with Crippen molar-refractivity contribution in [2.45, 2.75) is 32.1 Å². The molecule has 1 aliphatic rings. The quantitative estimate of drug-likeness (QED) is 0.916. The molecule has 1 N–H and O–H groups in total. The average molecular weight is 314 g/mol. The zero-order valence-electron chi connectivity index (χ0n) is 10.7. The summed E-state index contributed by atoms with van der Waals surface area (Å²) in [6.45, 7) is 0. The van der Waals surface area contributed by atoms with Gasteiger partial charge in [-0.15, -0.1) is 0 Å². The van der Waals surface area contributed by atoms with Crippen molar-refractivity contribution in [2.75, 3.05) is 0 Å². The van der Waals surface area contributed by atoms with Crippen LogP contribution >= 0.6 is 23.2 Å². The van der Waals surface area contributed by atoms with Crippen LogP contribution in [0.5, 0.6) is 0 Å². The van der Waals surface area contributed by atoms with E-state index < -0.39 is 11.4 Å². The Labute approximate surface area is 125 Å². The van der Waals surface area contributed by atoms with E-state index in [4.69, 9.17) is 27.6 Å². The van der Waals surface area contributed by atoms with Crippen molar-refractivity contribution in [1.29, 1.82) is 0 Å². The van der Waals surface area contributed by atoms with E-state index in [9.17, 15) is 9.90 Å². The highest BCUT2D eigenvalue weighted by Crippen LogP contribution is 2.42. The number of oxazole rings is 1. The topological polar surface area (TPSA) is 63.3 Å². The fraction of sp³-hybridized carbons (Fsp3) is 0.429. The predicted molar refractivity (Wildman–Crippen MR) is 76.3 cm³/mol. The van der Waals surface area contributed by atoms with Crippen LogP contribution in [-0.4, -0.2) is 16.1 Å². The second-order valence-corrected chi connectivity index (χ2v) is 6.16. The van der Waals surface area contributed by atoms with Crippen LogP contribution in [-0.2, 0) is 11.2 Å². The number of aromatic nitrogens is 1. The summed E-state index contributed by atoms with van der Waals surface area (Å²) in [5, 5.41) is 10.4. The zero-order chi connectivity index (χ0) is 14.3. The van der Waals surface area contributed by atoms with Crippen LogP contribution in [0.15, 0.2) is 16.5 Å². The third-order valence-corrected chi connectivity index (χ3v) is 4.46. The molecule has 0 amide bonds. The van der Waals surface area contributed by atoms with Crippen molar-refractivity contribution in [2.24, 2.45) is 5.41 Å². The molecule has 0 aliphatic heterocycles. The molecule has 0 unspecified atom stereocenters. The molecule has 0 saturated heterocycles. The van der Waals surface area contributed by atoms with Crippen LogP contribution in [0, 0.1) is 5.41 Å². The van der Waals surface area contributed by atoms with Crippen molar-refractivity contribution in [3.8, 4) is 0 Å². The van der Waals surface area contributed by atoms with E-state index in [-0.39, 0.29) is 0 Å². The number of aliphatic carboxylic acids is 1. The van der Waals surface area contributed by atoms with Crippen LogP contribution in [0.25, 0.3) is 11.1 Å². The predicted octanol–water partition coefficient (Wildman–Crippen LogP) is 4.32. The van der Waals surface area contributed by atoms with E-state index in [2.05, 4.69) is 4.98 Å². The number of nitrogens with zero attached hydrogens (tertiary/aromatic N) is 1. The first-order valence-corrected chi connectivity index (χ1v) is 7.24.